The van der Waals surface area contributed by atoms with E-state index in [2.05, 4.69) is 30.9 Å². The monoisotopic (exact) mass is 437 g/mol. The highest BCUT2D eigenvalue weighted by Crippen LogP contribution is 2.34. The van der Waals surface area contributed by atoms with E-state index in [1.54, 1.807) is 11.8 Å². The van der Waals surface area contributed by atoms with E-state index in [1.807, 2.05) is 49.5 Å². The van der Waals surface area contributed by atoms with E-state index >= 15 is 0 Å². The fourth-order valence-corrected chi connectivity index (χ4v) is 3.90. The Morgan fingerprint density at radius 2 is 1.69 bits per heavy atom. The summed E-state index contributed by atoms with van der Waals surface area (Å²) in [7, 11) is 3.56. The second kappa shape index (κ2) is 11.7. The molecule has 6 nitrogen and oxygen atoms in total. The molecule has 0 spiro atoms. The van der Waals surface area contributed by atoms with Gasteiger partial charge in [-0.3, -0.25) is 4.90 Å². The van der Waals surface area contributed by atoms with Crippen molar-refractivity contribution in [1.82, 2.24) is 14.7 Å². The van der Waals surface area contributed by atoms with Crippen LogP contribution in [0.2, 0.25) is 0 Å². The van der Waals surface area contributed by atoms with Gasteiger partial charge in [0.2, 0.25) is 5.88 Å². The molecule has 6 heteroatoms. The van der Waals surface area contributed by atoms with E-state index in [0.29, 0.717) is 19.0 Å². The highest BCUT2D eigenvalue weighted by atomic mass is 16.5. The van der Waals surface area contributed by atoms with Gasteiger partial charge in [-0.25, -0.2) is 4.68 Å². The van der Waals surface area contributed by atoms with E-state index in [0.717, 1.165) is 54.1 Å². The quantitative estimate of drug-likeness (QED) is 0.419. The van der Waals surface area contributed by atoms with Crippen molar-refractivity contribution in [2.75, 3.05) is 20.2 Å². The third-order valence-electron chi connectivity index (χ3n) is 5.42. The Morgan fingerprint density at radius 1 is 1.00 bits per heavy atom. The molecule has 1 unspecified atom stereocenters. The molecule has 172 valence electrons. The Bertz CT molecular complexity index is 954. The first kappa shape index (κ1) is 23.8. The Hall–Kier alpha value is -2.83. The van der Waals surface area contributed by atoms with Gasteiger partial charge in [0.05, 0.1) is 18.8 Å². The lowest BCUT2D eigenvalue weighted by molar-refractivity contribution is 0.100. The molecule has 3 aromatic rings. The molecule has 0 aliphatic heterocycles. The molecule has 0 bridgehead atoms. The molecule has 1 heterocycles. The van der Waals surface area contributed by atoms with Crippen molar-refractivity contribution >= 4 is 0 Å². The maximum absolute atomic E-state index is 10.5. The molecule has 0 radical (unpaired) electrons. The minimum absolute atomic E-state index is 0.339. The fourth-order valence-electron chi connectivity index (χ4n) is 3.90. The number of ether oxygens (including phenoxy) is 2. The van der Waals surface area contributed by atoms with Gasteiger partial charge >= 0.3 is 0 Å². The van der Waals surface area contributed by atoms with Crippen LogP contribution in [-0.4, -0.2) is 46.1 Å². The summed E-state index contributed by atoms with van der Waals surface area (Å²) in [5.41, 5.74) is 2.97. The molecule has 3 rings (SSSR count). The Kier molecular flexibility index (Phi) is 8.71. The standard InChI is InChI=1S/C26H35N3O3/c1-5-10-21(30)18-29(17-6-2)19-24-25(20-11-8-7-9-12-20)27-28(3)26(24)32-23-15-13-22(31-4)14-16-23/h7-9,11-16,21,30H,5-6,10,17-19H2,1-4H3. The number of aliphatic hydroxyl groups is 1. The van der Waals surface area contributed by atoms with Gasteiger partial charge in [-0.05, 0) is 43.7 Å². The summed E-state index contributed by atoms with van der Waals surface area (Å²) in [6, 6.07) is 17.7. The van der Waals surface area contributed by atoms with Crippen molar-refractivity contribution in [3.05, 3.63) is 60.2 Å². The van der Waals surface area contributed by atoms with Gasteiger partial charge in [0.1, 0.15) is 17.2 Å². The number of methoxy groups -OCH3 is 1. The molecule has 1 N–H and O–H groups in total. The van der Waals surface area contributed by atoms with E-state index in [4.69, 9.17) is 14.6 Å². The van der Waals surface area contributed by atoms with Gasteiger partial charge in [0, 0.05) is 25.7 Å². The summed E-state index contributed by atoms with van der Waals surface area (Å²) < 4.78 is 13.4. The number of rotatable bonds is 12. The van der Waals surface area contributed by atoms with Crippen molar-refractivity contribution in [1.29, 1.82) is 0 Å². The van der Waals surface area contributed by atoms with Gasteiger partial charge in [-0.2, -0.15) is 5.10 Å². The van der Waals surface area contributed by atoms with Crippen molar-refractivity contribution < 1.29 is 14.6 Å². The Labute approximate surface area is 191 Å². The maximum Gasteiger partial charge on any atom is 0.222 e. The number of aryl methyl sites for hydroxylation is 1. The van der Waals surface area contributed by atoms with Crippen LogP contribution in [-0.2, 0) is 13.6 Å². The van der Waals surface area contributed by atoms with Crippen LogP contribution in [0.3, 0.4) is 0 Å². The van der Waals surface area contributed by atoms with Gasteiger partial charge in [0.15, 0.2) is 0 Å². The minimum atomic E-state index is -0.339. The Balaban J connectivity index is 1.97. The lowest BCUT2D eigenvalue weighted by Crippen LogP contribution is -2.32. The zero-order valence-corrected chi connectivity index (χ0v) is 19.6. The molecule has 32 heavy (non-hydrogen) atoms. The number of hydrogen-bond donors (Lipinski definition) is 1. The van der Waals surface area contributed by atoms with Crippen LogP contribution in [0.4, 0.5) is 0 Å². The number of nitrogens with zero attached hydrogens (tertiary/aromatic N) is 3. The van der Waals surface area contributed by atoms with Crippen molar-refractivity contribution in [3.8, 4) is 28.6 Å². The molecule has 0 saturated carbocycles. The third-order valence-corrected chi connectivity index (χ3v) is 5.42. The molecule has 0 saturated heterocycles. The number of benzene rings is 2. The van der Waals surface area contributed by atoms with Crippen LogP contribution in [0.1, 0.15) is 38.7 Å². The third kappa shape index (κ3) is 6.11. The molecule has 0 amide bonds. The van der Waals surface area contributed by atoms with Crippen molar-refractivity contribution in [2.24, 2.45) is 7.05 Å². The predicted molar refractivity (Wildman–Crippen MR) is 128 cm³/mol. The average molecular weight is 438 g/mol. The second-order valence-electron chi connectivity index (χ2n) is 8.08. The Morgan fingerprint density at radius 3 is 2.31 bits per heavy atom. The molecule has 1 aromatic heterocycles. The first-order chi connectivity index (χ1) is 15.5. The predicted octanol–water partition coefficient (Wildman–Crippen LogP) is 5.26. The topological polar surface area (TPSA) is 59.8 Å². The van der Waals surface area contributed by atoms with E-state index in [-0.39, 0.29) is 6.10 Å². The van der Waals surface area contributed by atoms with Crippen LogP contribution >= 0.6 is 0 Å². The zero-order chi connectivity index (χ0) is 22.9. The zero-order valence-electron chi connectivity index (χ0n) is 19.6. The van der Waals surface area contributed by atoms with E-state index in [1.165, 1.54) is 0 Å². The molecule has 0 fully saturated rings. The molecule has 0 aliphatic rings. The van der Waals surface area contributed by atoms with E-state index < -0.39 is 0 Å². The van der Waals surface area contributed by atoms with Crippen molar-refractivity contribution in [2.45, 2.75) is 45.8 Å². The van der Waals surface area contributed by atoms with E-state index in [9.17, 15) is 5.11 Å². The van der Waals surface area contributed by atoms with Gasteiger partial charge < -0.3 is 14.6 Å². The summed E-state index contributed by atoms with van der Waals surface area (Å²) in [6.45, 7) is 6.44. The van der Waals surface area contributed by atoms with Crippen LogP contribution < -0.4 is 9.47 Å². The SMILES string of the molecule is CCCC(O)CN(CCC)Cc1c(-c2ccccc2)nn(C)c1Oc1ccc(OC)cc1. The molecular weight excluding hydrogens is 402 g/mol. The summed E-state index contributed by atoms with van der Waals surface area (Å²) in [4.78, 5) is 2.30. The smallest absolute Gasteiger partial charge is 0.222 e. The number of hydrogen-bond acceptors (Lipinski definition) is 5. The second-order valence-corrected chi connectivity index (χ2v) is 8.08. The fraction of sp³-hybridized carbons (Fsp3) is 0.423. The number of aromatic nitrogens is 2. The normalized spacial score (nSPS) is 12.2. The molecule has 0 aliphatic carbocycles. The first-order valence-corrected chi connectivity index (χ1v) is 11.4. The lowest BCUT2D eigenvalue weighted by Gasteiger charge is -2.25. The van der Waals surface area contributed by atoms with Crippen LogP contribution in [0.15, 0.2) is 54.6 Å². The minimum Gasteiger partial charge on any atom is -0.497 e. The van der Waals surface area contributed by atoms with Crippen molar-refractivity contribution in [3.63, 3.8) is 0 Å². The van der Waals surface area contributed by atoms with Gasteiger partial charge in [0.25, 0.3) is 0 Å². The van der Waals surface area contributed by atoms with Gasteiger partial charge in [-0.1, -0.05) is 50.6 Å². The highest BCUT2D eigenvalue weighted by molar-refractivity contribution is 5.65. The molecule has 1 atom stereocenters. The van der Waals surface area contributed by atoms with Crippen LogP contribution in [0.25, 0.3) is 11.3 Å². The lowest BCUT2D eigenvalue weighted by atomic mass is 10.1. The summed E-state index contributed by atoms with van der Waals surface area (Å²) in [6.07, 6.45) is 2.44. The molecular formula is C26H35N3O3. The maximum atomic E-state index is 10.5. The molecule has 2 aromatic carbocycles. The van der Waals surface area contributed by atoms with Crippen LogP contribution in [0.5, 0.6) is 17.4 Å². The number of aliphatic hydroxyl groups excluding tert-OH is 1. The highest BCUT2D eigenvalue weighted by Gasteiger charge is 2.23. The summed E-state index contributed by atoms with van der Waals surface area (Å²) in [5, 5.41) is 15.3. The summed E-state index contributed by atoms with van der Waals surface area (Å²) >= 11 is 0. The summed E-state index contributed by atoms with van der Waals surface area (Å²) in [5.74, 6) is 2.22. The van der Waals surface area contributed by atoms with Crippen LogP contribution in [0, 0.1) is 0 Å². The first-order valence-electron chi connectivity index (χ1n) is 11.4. The van der Waals surface area contributed by atoms with Gasteiger partial charge in [-0.15, -0.1) is 0 Å². The average Bonchev–Trinajstić information content (AvgIpc) is 3.10. The largest absolute Gasteiger partial charge is 0.497 e.